The summed E-state index contributed by atoms with van der Waals surface area (Å²) in [5, 5.41) is 3.74. The van der Waals surface area contributed by atoms with Crippen LogP contribution in [-0.2, 0) is 17.0 Å². The van der Waals surface area contributed by atoms with Gasteiger partial charge < -0.3 is 10.1 Å². The molecule has 0 radical (unpaired) electrons. The maximum Gasteiger partial charge on any atom is 0.251 e. The van der Waals surface area contributed by atoms with Crippen molar-refractivity contribution >= 4 is 29.3 Å². The number of benzene rings is 2. The van der Waals surface area contributed by atoms with Gasteiger partial charge in [0.1, 0.15) is 0 Å². The zero-order chi connectivity index (χ0) is 18.9. The molecule has 1 N–H and O–H groups in total. The highest BCUT2D eigenvalue weighted by molar-refractivity contribution is 7.98. The summed E-state index contributed by atoms with van der Waals surface area (Å²) < 4.78 is 5.37. The number of ether oxygens (including phenoxy) is 1. The third kappa shape index (κ3) is 6.85. The molecule has 144 valence electrons. The van der Waals surface area contributed by atoms with E-state index in [1.54, 1.807) is 11.8 Å². The first-order valence-electron chi connectivity index (χ1n) is 9.20. The summed E-state index contributed by atoms with van der Waals surface area (Å²) in [6.45, 7) is 5.11. The number of halogens is 1. The molecule has 27 heavy (non-hydrogen) atoms. The number of carbonyl (C=O) groups excluding carboxylic acids is 1. The van der Waals surface area contributed by atoms with Crippen LogP contribution < -0.4 is 5.32 Å². The standard InChI is InChI=1S/C21H25ClN2O2S/c22-20-7-3-18(4-8-20)16-27-14-9-23-21(25)19-5-1-17(2-6-19)15-24-10-12-26-13-11-24/h1-8H,9-16H2,(H,23,25). The van der Waals surface area contributed by atoms with E-state index in [2.05, 4.69) is 10.2 Å². The van der Waals surface area contributed by atoms with Gasteiger partial charge in [0.05, 0.1) is 13.2 Å². The molecule has 2 aromatic rings. The molecule has 6 heteroatoms. The van der Waals surface area contributed by atoms with Gasteiger partial charge in [0.15, 0.2) is 0 Å². The molecule has 3 rings (SSSR count). The molecule has 1 heterocycles. The van der Waals surface area contributed by atoms with Gasteiger partial charge in [0.25, 0.3) is 5.91 Å². The molecule has 0 aromatic heterocycles. The van der Waals surface area contributed by atoms with Gasteiger partial charge in [-0.3, -0.25) is 9.69 Å². The third-order valence-corrected chi connectivity index (χ3v) is 5.72. The zero-order valence-corrected chi connectivity index (χ0v) is 16.9. The minimum Gasteiger partial charge on any atom is -0.379 e. The average Bonchev–Trinajstić information content (AvgIpc) is 2.70. The Bertz CT molecular complexity index is 716. The van der Waals surface area contributed by atoms with Gasteiger partial charge in [0.2, 0.25) is 0 Å². The van der Waals surface area contributed by atoms with Gasteiger partial charge in [-0.1, -0.05) is 35.9 Å². The smallest absolute Gasteiger partial charge is 0.251 e. The fraction of sp³-hybridized carbons (Fsp3) is 0.381. The maximum atomic E-state index is 12.3. The largest absolute Gasteiger partial charge is 0.379 e. The van der Waals surface area contributed by atoms with E-state index in [9.17, 15) is 4.79 Å². The average molecular weight is 405 g/mol. The van der Waals surface area contributed by atoms with Crippen LogP contribution in [0.3, 0.4) is 0 Å². The Morgan fingerprint density at radius 2 is 1.70 bits per heavy atom. The van der Waals surface area contributed by atoms with Crippen molar-refractivity contribution in [2.24, 2.45) is 0 Å². The molecule has 1 fully saturated rings. The lowest BCUT2D eigenvalue weighted by atomic mass is 10.1. The summed E-state index contributed by atoms with van der Waals surface area (Å²) in [4.78, 5) is 14.6. The van der Waals surface area contributed by atoms with Crippen LogP contribution in [0.4, 0.5) is 0 Å². The fourth-order valence-electron chi connectivity index (χ4n) is 2.89. The number of nitrogens with one attached hydrogen (secondary N) is 1. The van der Waals surface area contributed by atoms with E-state index in [4.69, 9.17) is 16.3 Å². The van der Waals surface area contributed by atoms with Crippen molar-refractivity contribution < 1.29 is 9.53 Å². The highest BCUT2D eigenvalue weighted by Gasteiger charge is 2.11. The molecule has 2 aromatic carbocycles. The van der Waals surface area contributed by atoms with Crippen LogP contribution in [0.1, 0.15) is 21.5 Å². The minimum absolute atomic E-state index is 0.0139. The Labute approximate surface area is 170 Å². The molecule has 1 saturated heterocycles. The van der Waals surface area contributed by atoms with E-state index in [1.165, 1.54) is 11.1 Å². The summed E-state index contributed by atoms with van der Waals surface area (Å²) >= 11 is 7.68. The lowest BCUT2D eigenvalue weighted by molar-refractivity contribution is 0.0342. The number of hydrogen-bond acceptors (Lipinski definition) is 4. The van der Waals surface area contributed by atoms with Gasteiger partial charge in [-0.25, -0.2) is 0 Å². The minimum atomic E-state index is -0.0139. The van der Waals surface area contributed by atoms with E-state index in [-0.39, 0.29) is 5.91 Å². The topological polar surface area (TPSA) is 41.6 Å². The van der Waals surface area contributed by atoms with Crippen LogP contribution in [0, 0.1) is 0 Å². The molecule has 1 aliphatic rings. The van der Waals surface area contributed by atoms with Crippen LogP contribution in [0.5, 0.6) is 0 Å². The number of carbonyl (C=O) groups is 1. The van der Waals surface area contributed by atoms with Crippen molar-refractivity contribution in [2.75, 3.05) is 38.6 Å². The summed E-state index contributed by atoms with van der Waals surface area (Å²) in [5.74, 6) is 1.78. The normalized spacial score (nSPS) is 14.9. The molecule has 0 unspecified atom stereocenters. The van der Waals surface area contributed by atoms with E-state index >= 15 is 0 Å². The van der Waals surface area contributed by atoms with E-state index in [0.29, 0.717) is 12.1 Å². The first-order chi connectivity index (χ1) is 13.2. The zero-order valence-electron chi connectivity index (χ0n) is 15.3. The number of rotatable bonds is 8. The SMILES string of the molecule is O=C(NCCSCc1ccc(Cl)cc1)c1ccc(CN2CCOCC2)cc1. The van der Waals surface area contributed by atoms with Gasteiger partial charge >= 0.3 is 0 Å². The number of nitrogens with zero attached hydrogens (tertiary/aromatic N) is 1. The summed E-state index contributed by atoms with van der Waals surface area (Å²) in [6, 6.07) is 15.8. The number of morpholine rings is 1. The highest BCUT2D eigenvalue weighted by atomic mass is 35.5. The Kier molecular flexibility index (Phi) is 8.02. The highest BCUT2D eigenvalue weighted by Crippen LogP contribution is 2.15. The molecule has 0 spiro atoms. The third-order valence-electron chi connectivity index (χ3n) is 4.44. The lowest BCUT2D eigenvalue weighted by Crippen LogP contribution is -2.35. The Balaban J connectivity index is 1.35. The molecule has 1 aliphatic heterocycles. The van der Waals surface area contributed by atoms with Crippen LogP contribution >= 0.6 is 23.4 Å². The van der Waals surface area contributed by atoms with Crippen LogP contribution in [-0.4, -0.2) is 49.4 Å². The van der Waals surface area contributed by atoms with Crippen molar-refractivity contribution in [1.82, 2.24) is 10.2 Å². The van der Waals surface area contributed by atoms with Gasteiger partial charge in [0, 0.05) is 48.3 Å². The van der Waals surface area contributed by atoms with Crippen LogP contribution in [0.15, 0.2) is 48.5 Å². The molecule has 4 nitrogen and oxygen atoms in total. The molecular formula is C21H25ClN2O2S. The van der Waals surface area contributed by atoms with Crippen LogP contribution in [0.2, 0.25) is 5.02 Å². The quantitative estimate of drug-likeness (QED) is 0.679. The molecule has 0 bridgehead atoms. The van der Waals surface area contributed by atoms with E-state index < -0.39 is 0 Å². The summed E-state index contributed by atoms with van der Waals surface area (Å²) in [7, 11) is 0. The number of hydrogen-bond donors (Lipinski definition) is 1. The molecule has 0 saturated carbocycles. The Morgan fingerprint density at radius 1 is 1.04 bits per heavy atom. The van der Waals surface area contributed by atoms with Gasteiger partial charge in [-0.05, 0) is 35.4 Å². The second kappa shape index (κ2) is 10.7. The van der Waals surface area contributed by atoms with Crippen molar-refractivity contribution in [3.05, 3.63) is 70.2 Å². The predicted molar refractivity (Wildman–Crippen MR) is 112 cm³/mol. The predicted octanol–water partition coefficient (Wildman–Crippen LogP) is 3.84. The van der Waals surface area contributed by atoms with Crippen LogP contribution in [0.25, 0.3) is 0 Å². The Hall–Kier alpha value is -1.53. The van der Waals surface area contributed by atoms with Crippen molar-refractivity contribution in [2.45, 2.75) is 12.3 Å². The van der Waals surface area contributed by atoms with E-state index in [0.717, 1.165) is 49.4 Å². The number of amides is 1. The maximum absolute atomic E-state index is 12.3. The van der Waals surface area contributed by atoms with Crippen molar-refractivity contribution in [3.8, 4) is 0 Å². The summed E-state index contributed by atoms with van der Waals surface area (Å²) in [5.41, 5.74) is 3.18. The second-order valence-electron chi connectivity index (χ2n) is 6.52. The van der Waals surface area contributed by atoms with Crippen molar-refractivity contribution in [3.63, 3.8) is 0 Å². The van der Waals surface area contributed by atoms with E-state index in [1.807, 2.05) is 48.5 Å². The monoisotopic (exact) mass is 404 g/mol. The second-order valence-corrected chi connectivity index (χ2v) is 8.06. The molecule has 1 amide bonds. The first-order valence-corrected chi connectivity index (χ1v) is 10.7. The molecule has 0 atom stereocenters. The van der Waals surface area contributed by atoms with Gasteiger partial charge in [-0.2, -0.15) is 11.8 Å². The summed E-state index contributed by atoms with van der Waals surface area (Å²) in [6.07, 6.45) is 0. The molecule has 0 aliphatic carbocycles. The lowest BCUT2D eigenvalue weighted by Gasteiger charge is -2.26. The number of thioether (sulfide) groups is 1. The fourth-order valence-corrected chi connectivity index (χ4v) is 3.83. The molecular weight excluding hydrogens is 380 g/mol. The Morgan fingerprint density at radius 3 is 2.41 bits per heavy atom. The van der Waals surface area contributed by atoms with Crippen molar-refractivity contribution in [1.29, 1.82) is 0 Å². The van der Waals surface area contributed by atoms with Gasteiger partial charge in [-0.15, -0.1) is 0 Å². The first kappa shape index (κ1) is 20.2.